The number of amides is 7. The summed E-state index contributed by atoms with van der Waals surface area (Å²) in [4.78, 5) is 121. The number of phenolic OH excluding ortho intramolecular Hbond substituents is 2. The van der Waals surface area contributed by atoms with Gasteiger partial charge in [-0.05, 0) is 82.3 Å². The van der Waals surface area contributed by atoms with Crippen molar-refractivity contribution in [3.8, 4) is 11.5 Å². The monoisotopic (exact) mass is 891 g/mol. The van der Waals surface area contributed by atoms with Crippen LogP contribution in [0.1, 0.15) is 72.4 Å². The highest BCUT2D eigenvalue weighted by Crippen LogP contribution is 2.16. The van der Waals surface area contributed by atoms with Crippen LogP contribution < -0.4 is 37.2 Å². The number of ether oxygens (including phenoxy) is 1. The molecule has 1 aliphatic heterocycles. The van der Waals surface area contributed by atoms with Gasteiger partial charge in [-0.15, -0.1) is 0 Å². The van der Waals surface area contributed by atoms with Gasteiger partial charge in [-0.25, -0.2) is 4.79 Å². The Morgan fingerprint density at radius 1 is 0.781 bits per heavy atom. The molecule has 0 saturated carbocycles. The molecule has 10 N–H and O–H groups in total. The van der Waals surface area contributed by atoms with Gasteiger partial charge in [-0.1, -0.05) is 50.3 Å². The molecule has 0 aromatic heterocycles. The first-order chi connectivity index (χ1) is 30.1. The first kappa shape index (κ1) is 51.1. The molecule has 2 aromatic carbocycles. The molecule has 20 heteroatoms. The number of esters is 1. The largest absolute Gasteiger partial charge is 0.508 e. The van der Waals surface area contributed by atoms with Gasteiger partial charge in [-0.2, -0.15) is 0 Å². The number of carbonyl (C=O) groups is 9. The fourth-order valence-electron chi connectivity index (χ4n) is 6.22. The Morgan fingerprint density at radius 2 is 1.38 bits per heavy atom. The number of hydrogen-bond acceptors (Lipinski definition) is 12. The second-order valence-electron chi connectivity index (χ2n) is 15.5. The van der Waals surface area contributed by atoms with Gasteiger partial charge >= 0.3 is 11.9 Å². The van der Waals surface area contributed by atoms with Crippen LogP contribution >= 0.6 is 0 Å². The van der Waals surface area contributed by atoms with Crippen molar-refractivity contribution in [3.05, 3.63) is 83.1 Å². The Kier molecular flexibility index (Phi) is 19.0. The molecule has 7 amide bonds. The van der Waals surface area contributed by atoms with E-state index >= 15 is 0 Å². The molecule has 64 heavy (non-hydrogen) atoms. The van der Waals surface area contributed by atoms with E-state index in [1.807, 2.05) is 0 Å². The van der Waals surface area contributed by atoms with E-state index in [-0.39, 0.29) is 30.0 Å². The van der Waals surface area contributed by atoms with Crippen LogP contribution in [0.15, 0.2) is 72.0 Å². The second-order valence-corrected chi connectivity index (χ2v) is 15.5. The lowest BCUT2D eigenvalue weighted by Crippen LogP contribution is -2.62. The van der Waals surface area contributed by atoms with Crippen molar-refractivity contribution >= 4 is 53.3 Å². The molecule has 20 nitrogen and oxygen atoms in total. The molecule has 1 fully saturated rings. The molecular formula is C44H57N7O13. The zero-order valence-corrected chi connectivity index (χ0v) is 36.6. The summed E-state index contributed by atoms with van der Waals surface area (Å²) < 4.78 is 5.74. The fraction of sp³-hybridized carbons (Fsp3) is 0.432. The van der Waals surface area contributed by atoms with Crippen molar-refractivity contribution in [3.63, 3.8) is 0 Å². The summed E-state index contributed by atoms with van der Waals surface area (Å²) in [6, 6.07) is 2.37. The highest BCUT2D eigenvalue weighted by atomic mass is 16.5. The Morgan fingerprint density at radius 3 is 1.92 bits per heavy atom. The molecule has 0 radical (unpaired) electrons. The second kappa shape index (κ2) is 23.8. The van der Waals surface area contributed by atoms with Crippen LogP contribution in [0.2, 0.25) is 0 Å². The number of hydrogen-bond donors (Lipinski definition) is 10. The predicted molar refractivity (Wildman–Crippen MR) is 229 cm³/mol. The van der Waals surface area contributed by atoms with Gasteiger partial charge in [0.15, 0.2) is 0 Å². The van der Waals surface area contributed by atoms with E-state index in [1.165, 1.54) is 75.4 Å². The van der Waals surface area contributed by atoms with Gasteiger partial charge in [-0.3, -0.25) is 38.4 Å². The lowest BCUT2D eigenvalue weighted by molar-refractivity contribution is -0.156. The highest BCUT2D eigenvalue weighted by molar-refractivity contribution is 6.02. The summed E-state index contributed by atoms with van der Waals surface area (Å²) in [5, 5.41) is 46.6. The number of aliphatic carboxylic acids is 1. The SMILES string of the molecule is CC=C(C)C(=O)NC(C(=O)NC(Cc1ccc(O)cc1)C(=O)NC1C(=O)NC(C)C(=O)NC(=CC)C(=O)NC(CCC(=O)O)C(=O)NC(Cc2ccc(O)cc2)C(=O)OC1C)C(C)C. The van der Waals surface area contributed by atoms with E-state index in [2.05, 4.69) is 37.2 Å². The van der Waals surface area contributed by atoms with E-state index in [1.54, 1.807) is 33.8 Å². The number of rotatable bonds is 14. The predicted octanol–water partition coefficient (Wildman–Crippen LogP) is 0.264. The Balaban J connectivity index is 2.10. The number of nitrogens with one attached hydrogen (secondary N) is 7. The number of allylic oxidation sites excluding steroid dienone is 2. The van der Waals surface area contributed by atoms with E-state index in [0.717, 1.165) is 0 Å². The molecule has 0 aliphatic carbocycles. The topological polar surface area (TPSA) is 308 Å². The molecule has 1 aliphatic rings. The molecule has 3 rings (SSSR count). The Hall–Kier alpha value is -7.25. The number of aromatic hydroxyl groups is 2. The lowest BCUT2D eigenvalue weighted by atomic mass is 10.00. The maximum absolute atomic E-state index is 14.4. The van der Waals surface area contributed by atoms with E-state index < -0.39 is 114 Å². The minimum atomic E-state index is -1.80. The molecule has 0 spiro atoms. The van der Waals surface area contributed by atoms with Crippen LogP contribution in [0.4, 0.5) is 0 Å². The van der Waals surface area contributed by atoms with E-state index in [4.69, 9.17) is 4.74 Å². The number of cyclic esters (lactones) is 1. The molecule has 7 unspecified atom stereocenters. The molecule has 1 heterocycles. The third-order valence-electron chi connectivity index (χ3n) is 10.2. The van der Waals surface area contributed by atoms with Gasteiger partial charge in [0.25, 0.3) is 5.91 Å². The summed E-state index contributed by atoms with van der Waals surface area (Å²) >= 11 is 0. The molecular weight excluding hydrogens is 835 g/mol. The quantitative estimate of drug-likeness (QED) is 0.0901. The average molecular weight is 892 g/mol. The minimum absolute atomic E-state index is 0.0786. The van der Waals surface area contributed by atoms with Gasteiger partial charge < -0.3 is 57.3 Å². The number of benzene rings is 2. The standard InChI is InChI=1S/C44H57N7O13/c1-8-23(5)37(56)50-35(22(3)4)42(61)48-32(20-26-10-14-28(52)15-11-26)41(60)51-36-25(7)64-44(63)33(21-27-12-16-29(53)17-13-27)49-40(59)31(18-19-34(54)55)47-39(58)30(9-2)46-38(57)24(6)45-43(36)62/h8-17,22,24-25,31-33,35-36,52-53H,18-21H2,1-7H3,(H,45,62)(H,46,57)(H,47,58)(H,48,61)(H,49,59)(H,50,56)(H,51,60)(H,54,55). The first-order valence-electron chi connectivity index (χ1n) is 20.5. The van der Waals surface area contributed by atoms with Crippen molar-refractivity contribution in [2.24, 2.45) is 5.92 Å². The maximum Gasteiger partial charge on any atom is 0.329 e. The third-order valence-corrected chi connectivity index (χ3v) is 10.2. The Bertz CT molecular complexity index is 2120. The van der Waals surface area contributed by atoms with Crippen molar-refractivity contribution in [2.45, 2.75) is 117 Å². The summed E-state index contributed by atoms with van der Waals surface area (Å²) in [5.74, 6) is -9.31. The van der Waals surface area contributed by atoms with Crippen molar-refractivity contribution in [1.29, 1.82) is 0 Å². The van der Waals surface area contributed by atoms with Gasteiger partial charge in [0.2, 0.25) is 35.4 Å². The molecule has 0 bridgehead atoms. The number of carbonyl (C=O) groups excluding carboxylic acids is 8. The molecule has 346 valence electrons. The maximum atomic E-state index is 14.4. The number of carboxylic acid groups (broad SMARTS) is 1. The van der Waals surface area contributed by atoms with E-state index in [9.17, 15) is 58.5 Å². The zero-order chi connectivity index (χ0) is 47.8. The Labute approximate surface area is 370 Å². The van der Waals surface area contributed by atoms with Crippen LogP contribution in [0.25, 0.3) is 0 Å². The highest BCUT2D eigenvalue weighted by Gasteiger charge is 2.38. The molecule has 2 aromatic rings. The molecule has 1 saturated heterocycles. The summed E-state index contributed by atoms with van der Waals surface area (Å²) in [7, 11) is 0. The van der Waals surface area contributed by atoms with Crippen molar-refractivity contribution in [1.82, 2.24) is 37.2 Å². The molecule has 7 atom stereocenters. The van der Waals surface area contributed by atoms with Crippen molar-refractivity contribution < 1.29 is 63.2 Å². The third kappa shape index (κ3) is 15.3. The summed E-state index contributed by atoms with van der Waals surface area (Å²) in [6.07, 6.45) is -0.294. The number of phenols is 2. The zero-order valence-electron chi connectivity index (χ0n) is 36.6. The van der Waals surface area contributed by atoms with E-state index in [0.29, 0.717) is 16.7 Å². The van der Waals surface area contributed by atoms with Crippen LogP contribution in [-0.4, -0.2) is 111 Å². The van der Waals surface area contributed by atoms with Gasteiger partial charge in [0, 0.05) is 24.8 Å². The van der Waals surface area contributed by atoms with Crippen LogP contribution in [0.3, 0.4) is 0 Å². The smallest absolute Gasteiger partial charge is 0.329 e. The summed E-state index contributed by atoms with van der Waals surface area (Å²) in [6.45, 7) is 10.5. The van der Waals surface area contributed by atoms with Crippen LogP contribution in [-0.2, 0) is 60.7 Å². The van der Waals surface area contributed by atoms with Gasteiger partial charge in [0.1, 0.15) is 59.6 Å². The normalized spacial score (nSPS) is 21.9. The summed E-state index contributed by atoms with van der Waals surface area (Å²) in [5.41, 5.74) is 0.836. The van der Waals surface area contributed by atoms with Crippen LogP contribution in [0, 0.1) is 5.92 Å². The first-order valence-corrected chi connectivity index (χ1v) is 20.5. The number of carboxylic acids is 1. The van der Waals surface area contributed by atoms with Crippen molar-refractivity contribution in [2.75, 3.05) is 0 Å². The lowest BCUT2D eigenvalue weighted by Gasteiger charge is -2.30. The van der Waals surface area contributed by atoms with Crippen LogP contribution in [0.5, 0.6) is 11.5 Å². The minimum Gasteiger partial charge on any atom is -0.508 e. The average Bonchev–Trinajstić information content (AvgIpc) is 3.24. The van der Waals surface area contributed by atoms with Gasteiger partial charge in [0.05, 0.1) is 0 Å². The fourth-order valence-corrected chi connectivity index (χ4v) is 6.22.